The Balaban J connectivity index is 1.56. The Morgan fingerprint density at radius 1 is 1.00 bits per heavy atom. The molecular weight excluding hydrogens is 382 g/mol. The summed E-state index contributed by atoms with van der Waals surface area (Å²) in [7, 11) is 0. The molecule has 1 aromatic heterocycles. The number of benzene rings is 2. The summed E-state index contributed by atoms with van der Waals surface area (Å²) in [4.78, 5) is 27.5. The van der Waals surface area contributed by atoms with Crippen LogP contribution in [0.3, 0.4) is 0 Å². The van der Waals surface area contributed by atoms with E-state index in [1.807, 2.05) is 37.3 Å². The summed E-state index contributed by atoms with van der Waals surface area (Å²) >= 11 is 0. The molecule has 7 nitrogen and oxygen atoms in total. The minimum Gasteiger partial charge on any atom is -0.494 e. The maximum Gasteiger partial charge on any atom is 0.267 e. The average molecular weight is 405 g/mol. The van der Waals surface area contributed by atoms with E-state index in [2.05, 4.69) is 10.3 Å². The molecule has 30 heavy (non-hydrogen) atoms. The molecule has 0 radical (unpaired) electrons. The van der Waals surface area contributed by atoms with Crippen LogP contribution in [0.4, 0.5) is 0 Å². The van der Waals surface area contributed by atoms with Crippen LogP contribution < -0.4 is 20.5 Å². The van der Waals surface area contributed by atoms with E-state index in [-0.39, 0.29) is 11.6 Å². The third-order valence-corrected chi connectivity index (χ3v) is 4.22. The lowest BCUT2D eigenvalue weighted by Gasteiger charge is -2.10. The van der Waals surface area contributed by atoms with E-state index in [0.29, 0.717) is 42.4 Å². The molecular formula is C23H23N3O4. The Kier molecular flexibility index (Phi) is 7.00. The maximum atomic E-state index is 12.4. The fourth-order valence-electron chi connectivity index (χ4n) is 2.83. The second-order valence-electron chi connectivity index (χ2n) is 6.46. The first-order valence-electron chi connectivity index (χ1n) is 9.59. The van der Waals surface area contributed by atoms with E-state index >= 15 is 0 Å². The van der Waals surface area contributed by atoms with Crippen LogP contribution in [0, 0.1) is 0 Å². The van der Waals surface area contributed by atoms with Crippen LogP contribution in [-0.2, 0) is 6.42 Å². The van der Waals surface area contributed by atoms with E-state index in [9.17, 15) is 9.59 Å². The number of aromatic nitrogens is 1. The third-order valence-electron chi connectivity index (χ3n) is 4.22. The molecule has 154 valence electrons. The average Bonchev–Trinajstić information content (AvgIpc) is 2.74. The van der Waals surface area contributed by atoms with Gasteiger partial charge in [-0.25, -0.2) is 0 Å². The van der Waals surface area contributed by atoms with Crippen molar-refractivity contribution in [2.75, 3.05) is 13.2 Å². The van der Waals surface area contributed by atoms with Gasteiger partial charge < -0.3 is 20.5 Å². The first kappa shape index (κ1) is 20.9. The van der Waals surface area contributed by atoms with Crippen molar-refractivity contribution in [1.29, 1.82) is 0 Å². The molecule has 1 heterocycles. The van der Waals surface area contributed by atoms with Crippen molar-refractivity contribution in [2.45, 2.75) is 13.3 Å². The van der Waals surface area contributed by atoms with Crippen molar-refractivity contribution in [3.63, 3.8) is 0 Å². The van der Waals surface area contributed by atoms with Crippen LogP contribution >= 0.6 is 0 Å². The Hall–Kier alpha value is -3.87. The van der Waals surface area contributed by atoms with Gasteiger partial charge in [-0.05, 0) is 55.3 Å². The molecule has 0 saturated carbocycles. The number of hydrogen-bond donors (Lipinski definition) is 2. The Morgan fingerprint density at radius 2 is 1.77 bits per heavy atom. The predicted octanol–water partition coefficient (Wildman–Crippen LogP) is 3.34. The summed E-state index contributed by atoms with van der Waals surface area (Å²) in [5, 5.41) is 2.91. The van der Waals surface area contributed by atoms with Crippen molar-refractivity contribution in [2.24, 2.45) is 5.73 Å². The summed E-state index contributed by atoms with van der Waals surface area (Å²) < 4.78 is 11.2. The lowest BCUT2D eigenvalue weighted by Crippen LogP contribution is -2.25. The summed E-state index contributed by atoms with van der Waals surface area (Å²) in [6.07, 6.45) is 2.10. The van der Waals surface area contributed by atoms with Gasteiger partial charge in [0.15, 0.2) is 0 Å². The van der Waals surface area contributed by atoms with Crippen molar-refractivity contribution in [1.82, 2.24) is 10.3 Å². The van der Waals surface area contributed by atoms with Gasteiger partial charge in [0.2, 0.25) is 0 Å². The van der Waals surface area contributed by atoms with Crippen molar-refractivity contribution in [3.05, 3.63) is 83.7 Å². The number of hydrogen-bond acceptors (Lipinski definition) is 5. The number of carbonyl (C=O) groups is 2. The summed E-state index contributed by atoms with van der Waals surface area (Å²) in [6, 6.07) is 17.7. The van der Waals surface area contributed by atoms with Gasteiger partial charge in [0.25, 0.3) is 11.8 Å². The quantitative estimate of drug-likeness (QED) is 0.568. The monoisotopic (exact) mass is 405 g/mol. The number of pyridine rings is 1. The molecule has 3 N–H and O–H groups in total. The summed E-state index contributed by atoms with van der Waals surface area (Å²) in [5.74, 6) is 0.991. The fraction of sp³-hybridized carbons (Fsp3) is 0.174. The molecule has 7 heteroatoms. The van der Waals surface area contributed by atoms with Gasteiger partial charge in [0.05, 0.1) is 6.61 Å². The largest absolute Gasteiger partial charge is 0.494 e. The summed E-state index contributed by atoms with van der Waals surface area (Å²) in [6.45, 7) is 2.92. The van der Waals surface area contributed by atoms with Gasteiger partial charge in [-0.15, -0.1) is 0 Å². The van der Waals surface area contributed by atoms with Crippen LogP contribution in [0.25, 0.3) is 0 Å². The number of nitrogens with one attached hydrogen (secondary N) is 1. The minimum absolute atomic E-state index is 0.139. The van der Waals surface area contributed by atoms with Crippen molar-refractivity contribution >= 4 is 11.8 Å². The number of nitrogens with two attached hydrogens (primary N) is 1. The van der Waals surface area contributed by atoms with Crippen molar-refractivity contribution in [3.8, 4) is 17.2 Å². The van der Waals surface area contributed by atoms with E-state index in [0.717, 1.165) is 5.56 Å². The molecule has 0 aliphatic heterocycles. The standard InChI is InChI=1S/C23H23N3O4/c1-2-29-18-7-4-6-17(14-18)23(28)26-11-9-16-5-3-8-19(13-16)30-20-10-12-25-21(15-20)22(24)27/h3-8,10,12-15H,2,9,11H2,1H3,(H2,24,27)(H,26,28). The van der Waals surface area contributed by atoms with Crippen LogP contribution in [0.2, 0.25) is 0 Å². The third kappa shape index (κ3) is 5.81. The van der Waals surface area contributed by atoms with Crippen LogP contribution in [0.15, 0.2) is 66.9 Å². The predicted molar refractivity (Wildman–Crippen MR) is 113 cm³/mol. The van der Waals surface area contributed by atoms with Crippen LogP contribution in [0.5, 0.6) is 17.2 Å². The number of nitrogens with zero attached hydrogens (tertiary/aromatic N) is 1. The molecule has 0 aliphatic carbocycles. The zero-order chi connectivity index (χ0) is 21.3. The highest BCUT2D eigenvalue weighted by atomic mass is 16.5. The molecule has 3 aromatic rings. The Bertz CT molecular complexity index is 1040. The molecule has 0 unspecified atom stereocenters. The smallest absolute Gasteiger partial charge is 0.267 e. The lowest BCUT2D eigenvalue weighted by molar-refractivity contribution is 0.0952. The normalized spacial score (nSPS) is 10.3. The highest BCUT2D eigenvalue weighted by Crippen LogP contribution is 2.22. The molecule has 0 aliphatic rings. The maximum absolute atomic E-state index is 12.4. The molecule has 0 spiro atoms. The van der Waals surface area contributed by atoms with Gasteiger partial charge >= 0.3 is 0 Å². The number of primary amides is 1. The van der Waals surface area contributed by atoms with Crippen LogP contribution in [0.1, 0.15) is 33.3 Å². The highest BCUT2D eigenvalue weighted by Gasteiger charge is 2.08. The molecule has 2 aromatic carbocycles. The zero-order valence-electron chi connectivity index (χ0n) is 16.6. The van der Waals surface area contributed by atoms with Crippen molar-refractivity contribution < 1.29 is 19.1 Å². The van der Waals surface area contributed by atoms with E-state index in [4.69, 9.17) is 15.2 Å². The van der Waals surface area contributed by atoms with E-state index in [1.165, 1.54) is 12.3 Å². The molecule has 0 saturated heterocycles. The van der Waals surface area contributed by atoms with E-state index < -0.39 is 5.91 Å². The topological polar surface area (TPSA) is 104 Å². The first-order valence-corrected chi connectivity index (χ1v) is 9.59. The summed E-state index contributed by atoms with van der Waals surface area (Å²) in [5.41, 5.74) is 6.94. The number of carbonyl (C=O) groups excluding carboxylic acids is 2. The number of ether oxygens (including phenoxy) is 2. The SMILES string of the molecule is CCOc1cccc(C(=O)NCCc2cccc(Oc3ccnc(C(N)=O)c3)c2)c1. The molecule has 0 atom stereocenters. The van der Waals surface area contributed by atoms with E-state index in [1.54, 1.807) is 24.3 Å². The molecule has 0 fully saturated rings. The number of rotatable bonds is 9. The molecule has 2 amide bonds. The highest BCUT2D eigenvalue weighted by molar-refractivity contribution is 5.94. The van der Waals surface area contributed by atoms with Gasteiger partial charge in [-0.1, -0.05) is 18.2 Å². The van der Waals surface area contributed by atoms with Gasteiger partial charge in [0.1, 0.15) is 22.9 Å². The molecule has 3 rings (SSSR count). The second-order valence-corrected chi connectivity index (χ2v) is 6.46. The van der Waals surface area contributed by atoms with Gasteiger partial charge in [-0.2, -0.15) is 0 Å². The second kappa shape index (κ2) is 10.1. The van der Waals surface area contributed by atoms with Crippen LogP contribution in [-0.4, -0.2) is 29.9 Å². The minimum atomic E-state index is -0.614. The van der Waals surface area contributed by atoms with Gasteiger partial charge in [-0.3, -0.25) is 14.6 Å². The first-order chi connectivity index (χ1) is 14.5. The zero-order valence-corrected chi connectivity index (χ0v) is 16.6. The molecule has 0 bridgehead atoms. The van der Waals surface area contributed by atoms with Gasteiger partial charge in [0, 0.05) is 24.4 Å². The lowest BCUT2D eigenvalue weighted by atomic mass is 10.1. The Morgan fingerprint density at radius 3 is 2.57 bits per heavy atom. The fourth-order valence-corrected chi connectivity index (χ4v) is 2.83. The number of amides is 2. The Labute approximate surface area is 174 Å².